The second-order valence-electron chi connectivity index (χ2n) is 4.37. The summed E-state index contributed by atoms with van der Waals surface area (Å²) in [7, 11) is 0. The molecule has 20 heavy (non-hydrogen) atoms. The van der Waals surface area contributed by atoms with E-state index >= 15 is 0 Å². The molecule has 2 N–H and O–H groups in total. The number of benzene rings is 1. The molecule has 5 nitrogen and oxygen atoms in total. The zero-order valence-electron chi connectivity index (χ0n) is 11.1. The SMILES string of the molecule is Cc1cc(NC(=O)CCCOc2ccccc2F)n[nH]1. The highest BCUT2D eigenvalue weighted by Gasteiger charge is 2.06. The lowest BCUT2D eigenvalue weighted by atomic mass is 10.3. The first kappa shape index (κ1) is 14.0. The van der Waals surface area contributed by atoms with Crippen molar-refractivity contribution >= 4 is 11.7 Å². The maximum Gasteiger partial charge on any atom is 0.225 e. The van der Waals surface area contributed by atoms with Gasteiger partial charge in [0, 0.05) is 18.2 Å². The van der Waals surface area contributed by atoms with Gasteiger partial charge in [0.25, 0.3) is 0 Å². The fourth-order valence-electron chi connectivity index (χ4n) is 1.66. The fraction of sp³-hybridized carbons (Fsp3) is 0.286. The Bertz CT molecular complexity index is 583. The third kappa shape index (κ3) is 4.08. The van der Waals surface area contributed by atoms with Crippen LogP contribution in [-0.2, 0) is 4.79 Å². The number of hydrogen-bond acceptors (Lipinski definition) is 3. The minimum absolute atomic E-state index is 0.145. The lowest BCUT2D eigenvalue weighted by molar-refractivity contribution is -0.116. The molecule has 0 aliphatic heterocycles. The quantitative estimate of drug-likeness (QED) is 0.798. The molecule has 0 aliphatic rings. The molecule has 0 saturated carbocycles. The molecule has 0 fully saturated rings. The number of para-hydroxylation sites is 1. The molecule has 1 amide bonds. The van der Waals surface area contributed by atoms with Gasteiger partial charge in [0.2, 0.25) is 5.91 Å². The van der Waals surface area contributed by atoms with Crippen molar-refractivity contribution in [3.8, 4) is 5.75 Å². The molecule has 0 saturated heterocycles. The average Bonchev–Trinajstić information content (AvgIpc) is 2.82. The van der Waals surface area contributed by atoms with Gasteiger partial charge < -0.3 is 10.1 Å². The number of nitrogens with zero attached hydrogens (tertiary/aromatic N) is 1. The summed E-state index contributed by atoms with van der Waals surface area (Å²) in [5.41, 5.74) is 0.878. The highest BCUT2D eigenvalue weighted by molar-refractivity contribution is 5.89. The molecule has 6 heteroatoms. The lowest BCUT2D eigenvalue weighted by Gasteiger charge is -2.06. The number of nitrogens with one attached hydrogen (secondary N) is 2. The Labute approximate surface area is 116 Å². The number of carbonyl (C=O) groups excluding carboxylic acids is 1. The van der Waals surface area contributed by atoms with Crippen molar-refractivity contribution in [3.63, 3.8) is 0 Å². The third-order valence-corrected chi connectivity index (χ3v) is 2.62. The molecule has 0 spiro atoms. The lowest BCUT2D eigenvalue weighted by Crippen LogP contribution is -2.13. The van der Waals surface area contributed by atoms with E-state index in [0.29, 0.717) is 18.7 Å². The molecule has 1 aromatic heterocycles. The smallest absolute Gasteiger partial charge is 0.225 e. The van der Waals surface area contributed by atoms with E-state index in [9.17, 15) is 9.18 Å². The topological polar surface area (TPSA) is 67.0 Å². The minimum Gasteiger partial charge on any atom is -0.491 e. The Morgan fingerprint density at radius 2 is 2.25 bits per heavy atom. The normalized spacial score (nSPS) is 10.3. The van der Waals surface area contributed by atoms with Gasteiger partial charge in [-0.15, -0.1) is 0 Å². The van der Waals surface area contributed by atoms with Gasteiger partial charge in [0.15, 0.2) is 17.4 Å². The van der Waals surface area contributed by atoms with E-state index in [2.05, 4.69) is 15.5 Å². The van der Waals surface area contributed by atoms with Gasteiger partial charge in [-0.05, 0) is 25.5 Å². The Morgan fingerprint density at radius 3 is 2.95 bits per heavy atom. The Balaban J connectivity index is 1.68. The summed E-state index contributed by atoms with van der Waals surface area (Å²) in [5, 5.41) is 9.31. The van der Waals surface area contributed by atoms with Crippen molar-refractivity contribution in [1.29, 1.82) is 0 Å². The fourth-order valence-corrected chi connectivity index (χ4v) is 1.66. The van der Waals surface area contributed by atoms with Crippen molar-refractivity contribution in [2.45, 2.75) is 19.8 Å². The van der Waals surface area contributed by atoms with Crippen molar-refractivity contribution in [3.05, 3.63) is 41.8 Å². The van der Waals surface area contributed by atoms with E-state index in [1.54, 1.807) is 24.3 Å². The molecule has 0 radical (unpaired) electrons. The summed E-state index contributed by atoms with van der Waals surface area (Å²) in [6.07, 6.45) is 0.796. The van der Waals surface area contributed by atoms with Crippen LogP contribution in [0.1, 0.15) is 18.5 Å². The van der Waals surface area contributed by atoms with Gasteiger partial charge in [-0.2, -0.15) is 5.10 Å². The summed E-state index contributed by atoms with van der Waals surface area (Å²) >= 11 is 0. The average molecular weight is 277 g/mol. The van der Waals surface area contributed by atoms with Crippen LogP contribution in [0.15, 0.2) is 30.3 Å². The first-order chi connectivity index (χ1) is 9.65. The monoisotopic (exact) mass is 277 g/mol. The Kier molecular flexibility index (Phi) is 4.70. The summed E-state index contributed by atoms with van der Waals surface area (Å²) in [6, 6.07) is 7.93. The largest absolute Gasteiger partial charge is 0.491 e. The minimum atomic E-state index is -0.399. The maximum atomic E-state index is 13.2. The molecule has 106 valence electrons. The molecule has 2 aromatic rings. The number of aromatic nitrogens is 2. The van der Waals surface area contributed by atoms with Crippen molar-refractivity contribution in [1.82, 2.24) is 10.2 Å². The molecule has 0 atom stereocenters. The number of carbonyl (C=O) groups is 1. The van der Waals surface area contributed by atoms with Gasteiger partial charge in [-0.1, -0.05) is 12.1 Å². The number of anilines is 1. The Hall–Kier alpha value is -2.37. The maximum absolute atomic E-state index is 13.2. The standard InChI is InChI=1S/C14H16FN3O2/c1-10-9-13(18-17-10)16-14(19)7-4-8-20-12-6-3-2-5-11(12)15/h2-3,5-6,9H,4,7-8H2,1H3,(H2,16,17,18,19). The summed E-state index contributed by atoms with van der Waals surface area (Å²) < 4.78 is 18.5. The van der Waals surface area contributed by atoms with Gasteiger partial charge in [0.1, 0.15) is 0 Å². The van der Waals surface area contributed by atoms with Gasteiger partial charge in [-0.25, -0.2) is 4.39 Å². The van der Waals surface area contributed by atoms with Crippen molar-refractivity contribution < 1.29 is 13.9 Å². The van der Waals surface area contributed by atoms with Crippen LogP contribution in [-0.4, -0.2) is 22.7 Å². The third-order valence-electron chi connectivity index (χ3n) is 2.62. The molecular formula is C14H16FN3O2. The molecule has 1 heterocycles. The van der Waals surface area contributed by atoms with Gasteiger partial charge >= 0.3 is 0 Å². The van der Waals surface area contributed by atoms with Crippen molar-refractivity contribution in [2.24, 2.45) is 0 Å². The van der Waals surface area contributed by atoms with Crippen LogP contribution in [0.25, 0.3) is 0 Å². The predicted octanol–water partition coefficient (Wildman–Crippen LogP) is 2.65. The van der Waals surface area contributed by atoms with E-state index in [0.717, 1.165) is 5.69 Å². The predicted molar refractivity (Wildman–Crippen MR) is 73.1 cm³/mol. The number of aryl methyl sites for hydroxylation is 1. The van der Waals surface area contributed by atoms with Crippen LogP contribution in [0.5, 0.6) is 5.75 Å². The van der Waals surface area contributed by atoms with E-state index in [-0.39, 0.29) is 18.3 Å². The highest BCUT2D eigenvalue weighted by atomic mass is 19.1. The first-order valence-electron chi connectivity index (χ1n) is 6.34. The molecular weight excluding hydrogens is 261 g/mol. The van der Waals surface area contributed by atoms with Crippen LogP contribution in [0, 0.1) is 12.7 Å². The number of aromatic amines is 1. The van der Waals surface area contributed by atoms with Crippen LogP contribution in [0.4, 0.5) is 10.2 Å². The van der Waals surface area contributed by atoms with E-state index in [1.807, 2.05) is 6.92 Å². The molecule has 2 rings (SSSR count). The molecule has 0 unspecified atom stereocenters. The van der Waals surface area contributed by atoms with Crippen LogP contribution < -0.4 is 10.1 Å². The number of ether oxygens (including phenoxy) is 1. The van der Waals surface area contributed by atoms with Crippen LogP contribution in [0.2, 0.25) is 0 Å². The number of rotatable bonds is 6. The van der Waals surface area contributed by atoms with E-state index in [4.69, 9.17) is 4.74 Å². The summed E-state index contributed by atoms with van der Waals surface area (Å²) in [5.74, 6) is 0.163. The molecule has 1 aromatic carbocycles. The Morgan fingerprint density at radius 1 is 1.45 bits per heavy atom. The van der Waals surface area contributed by atoms with Crippen LogP contribution in [0.3, 0.4) is 0 Å². The second kappa shape index (κ2) is 6.70. The van der Waals surface area contributed by atoms with Crippen molar-refractivity contribution in [2.75, 3.05) is 11.9 Å². The van der Waals surface area contributed by atoms with E-state index < -0.39 is 5.82 Å². The zero-order chi connectivity index (χ0) is 14.4. The molecule has 0 bridgehead atoms. The number of H-pyrrole nitrogens is 1. The number of amides is 1. The molecule has 0 aliphatic carbocycles. The number of hydrogen-bond donors (Lipinski definition) is 2. The highest BCUT2D eigenvalue weighted by Crippen LogP contribution is 2.15. The van der Waals surface area contributed by atoms with E-state index in [1.165, 1.54) is 6.07 Å². The van der Waals surface area contributed by atoms with Gasteiger partial charge in [0.05, 0.1) is 6.61 Å². The van der Waals surface area contributed by atoms with Crippen LogP contribution >= 0.6 is 0 Å². The second-order valence-corrected chi connectivity index (χ2v) is 4.37. The van der Waals surface area contributed by atoms with Gasteiger partial charge in [-0.3, -0.25) is 9.89 Å². The zero-order valence-corrected chi connectivity index (χ0v) is 11.1. The number of halogens is 1. The first-order valence-corrected chi connectivity index (χ1v) is 6.34. The summed E-state index contributed by atoms with van der Waals surface area (Å²) in [4.78, 5) is 11.6. The summed E-state index contributed by atoms with van der Waals surface area (Å²) in [6.45, 7) is 2.14.